The fraction of sp³-hybridized carbons (Fsp3) is 0.500. The number of benzene rings is 1. The van der Waals surface area contributed by atoms with Crippen LogP contribution in [0.5, 0.6) is 0 Å². The van der Waals surface area contributed by atoms with E-state index in [0.29, 0.717) is 0 Å². The normalized spacial score (nSPS) is 13.1. The average Bonchev–Trinajstić information content (AvgIpc) is 2.17. The lowest BCUT2D eigenvalue weighted by Crippen LogP contribution is -2.22. The standard InChI is InChI=1S/C14H21NO/c1-13(2,3)15-11-16-14(4,5)12-9-7-6-8-10-12/h6-11H,1-5H3. The van der Waals surface area contributed by atoms with Gasteiger partial charge in [0.05, 0.1) is 5.54 Å². The van der Waals surface area contributed by atoms with Crippen molar-refractivity contribution >= 4 is 6.40 Å². The van der Waals surface area contributed by atoms with E-state index in [2.05, 4.69) is 17.1 Å². The van der Waals surface area contributed by atoms with Crippen molar-refractivity contribution in [3.8, 4) is 0 Å². The minimum Gasteiger partial charge on any atom is -0.473 e. The summed E-state index contributed by atoms with van der Waals surface area (Å²) in [4.78, 5) is 4.32. The molecule has 0 amide bonds. The molecule has 0 aliphatic carbocycles. The van der Waals surface area contributed by atoms with Gasteiger partial charge in [0.1, 0.15) is 5.60 Å². The Morgan fingerprint density at radius 3 is 2.06 bits per heavy atom. The molecule has 0 radical (unpaired) electrons. The minimum atomic E-state index is -0.337. The van der Waals surface area contributed by atoms with Crippen LogP contribution in [0.25, 0.3) is 0 Å². The quantitative estimate of drug-likeness (QED) is 0.560. The van der Waals surface area contributed by atoms with E-state index >= 15 is 0 Å². The molecule has 0 fully saturated rings. The molecule has 0 heterocycles. The number of aliphatic imine (C=N–C) groups is 1. The van der Waals surface area contributed by atoms with Crippen LogP contribution >= 0.6 is 0 Å². The summed E-state index contributed by atoms with van der Waals surface area (Å²) in [6.07, 6.45) is 1.56. The molecule has 0 spiro atoms. The Morgan fingerprint density at radius 1 is 1.00 bits per heavy atom. The van der Waals surface area contributed by atoms with Crippen LogP contribution in [0.15, 0.2) is 35.3 Å². The zero-order valence-corrected chi connectivity index (χ0v) is 10.8. The van der Waals surface area contributed by atoms with Crippen molar-refractivity contribution in [2.75, 3.05) is 0 Å². The van der Waals surface area contributed by atoms with Gasteiger partial charge in [-0.2, -0.15) is 0 Å². The van der Waals surface area contributed by atoms with Gasteiger partial charge in [-0.15, -0.1) is 0 Å². The van der Waals surface area contributed by atoms with Crippen molar-refractivity contribution in [3.63, 3.8) is 0 Å². The van der Waals surface area contributed by atoms with Crippen LogP contribution in [-0.2, 0) is 10.3 Å². The number of nitrogens with zero attached hydrogens (tertiary/aromatic N) is 1. The third-order valence-corrected chi connectivity index (χ3v) is 2.26. The predicted molar refractivity (Wildman–Crippen MR) is 68.8 cm³/mol. The zero-order valence-electron chi connectivity index (χ0n) is 10.8. The predicted octanol–water partition coefficient (Wildman–Crippen LogP) is 3.77. The van der Waals surface area contributed by atoms with Crippen molar-refractivity contribution in [3.05, 3.63) is 35.9 Å². The lowest BCUT2D eigenvalue weighted by molar-refractivity contribution is 0.102. The number of hydrogen-bond donors (Lipinski definition) is 0. The summed E-state index contributed by atoms with van der Waals surface area (Å²) >= 11 is 0. The van der Waals surface area contributed by atoms with E-state index in [0.717, 1.165) is 5.56 Å². The molecule has 0 aromatic heterocycles. The number of hydrogen-bond acceptors (Lipinski definition) is 2. The molecule has 1 aromatic carbocycles. The highest BCUT2D eigenvalue weighted by atomic mass is 16.5. The molecule has 1 rings (SSSR count). The van der Waals surface area contributed by atoms with Crippen LogP contribution in [0.1, 0.15) is 40.2 Å². The van der Waals surface area contributed by atoms with Gasteiger partial charge in [-0.05, 0) is 40.2 Å². The molecule has 0 aliphatic rings. The molecular formula is C14H21NO. The topological polar surface area (TPSA) is 21.6 Å². The first-order chi connectivity index (χ1) is 7.31. The van der Waals surface area contributed by atoms with Gasteiger partial charge in [-0.3, -0.25) is 4.99 Å². The Bertz CT molecular complexity index is 347. The van der Waals surface area contributed by atoms with Crippen LogP contribution in [0.2, 0.25) is 0 Å². The highest BCUT2D eigenvalue weighted by Gasteiger charge is 2.20. The van der Waals surface area contributed by atoms with Gasteiger partial charge < -0.3 is 4.74 Å². The largest absolute Gasteiger partial charge is 0.473 e. The second-order valence-electron chi connectivity index (χ2n) is 5.40. The minimum absolute atomic E-state index is 0.0905. The highest BCUT2D eigenvalue weighted by Crippen LogP contribution is 2.23. The smallest absolute Gasteiger partial charge is 0.171 e. The number of ether oxygens (including phenoxy) is 1. The Labute approximate surface area is 98.4 Å². The number of rotatable bonds is 3. The Hall–Kier alpha value is -1.31. The van der Waals surface area contributed by atoms with E-state index in [1.165, 1.54) is 0 Å². The van der Waals surface area contributed by atoms with E-state index in [-0.39, 0.29) is 11.1 Å². The summed E-state index contributed by atoms with van der Waals surface area (Å²) in [5.74, 6) is 0. The van der Waals surface area contributed by atoms with Gasteiger partial charge in [0.25, 0.3) is 0 Å². The van der Waals surface area contributed by atoms with E-state index in [9.17, 15) is 0 Å². The Morgan fingerprint density at radius 2 is 1.56 bits per heavy atom. The van der Waals surface area contributed by atoms with Crippen molar-refractivity contribution in [1.82, 2.24) is 0 Å². The Kier molecular flexibility index (Phi) is 3.74. The first kappa shape index (κ1) is 12.8. The van der Waals surface area contributed by atoms with Gasteiger partial charge in [0, 0.05) is 0 Å². The molecule has 0 atom stereocenters. The molecular weight excluding hydrogens is 198 g/mol. The molecule has 1 aromatic rings. The van der Waals surface area contributed by atoms with Crippen LogP contribution in [0.4, 0.5) is 0 Å². The monoisotopic (exact) mass is 219 g/mol. The fourth-order valence-electron chi connectivity index (χ4n) is 1.22. The molecule has 0 unspecified atom stereocenters. The molecule has 0 bridgehead atoms. The molecule has 0 N–H and O–H groups in total. The molecule has 88 valence electrons. The lowest BCUT2D eigenvalue weighted by atomic mass is 9.98. The summed E-state index contributed by atoms with van der Waals surface area (Å²) in [6.45, 7) is 10.2. The zero-order chi connectivity index (χ0) is 12.2. The van der Waals surface area contributed by atoms with Crippen molar-refractivity contribution < 1.29 is 4.74 Å². The maximum atomic E-state index is 5.70. The van der Waals surface area contributed by atoms with Crippen molar-refractivity contribution in [2.24, 2.45) is 4.99 Å². The summed E-state index contributed by atoms with van der Waals surface area (Å²) in [6, 6.07) is 10.2. The van der Waals surface area contributed by atoms with Crippen molar-refractivity contribution in [1.29, 1.82) is 0 Å². The van der Waals surface area contributed by atoms with Gasteiger partial charge in [-0.1, -0.05) is 30.3 Å². The summed E-state index contributed by atoms with van der Waals surface area (Å²) in [5, 5.41) is 0. The van der Waals surface area contributed by atoms with Gasteiger partial charge in [0.2, 0.25) is 0 Å². The van der Waals surface area contributed by atoms with Gasteiger partial charge >= 0.3 is 0 Å². The molecule has 2 heteroatoms. The third-order valence-electron chi connectivity index (χ3n) is 2.26. The van der Waals surface area contributed by atoms with E-state index in [4.69, 9.17) is 4.74 Å². The maximum Gasteiger partial charge on any atom is 0.171 e. The van der Waals surface area contributed by atoms with Gasteiger partial charge in [0.15, 0.2) is 6.40 Å². The third kappa shape index (κ3) is 4.05. The van der Waals surface area contributed by atoms with Gasteiger partial charge in [-0.25, -0.2) is 0 Å². The first-order valence-electron chi connectivity index (χ1n) is 5.58. The van der Waals surface area contributed by atoms with Crippen LogP contribution in [0, 0.1) is 0 Å². The van der Waals surface area contributed by atoms with Crippen LogP contribution in [0.3, 0.4) is 0 Å². The fourth-order valence-corrected chi connectivity index (χ4v) is 1.22. The summed E-state index contributed by atoms with van der Waals surface area (Å²) < 4.78 is 5.70. The second kappa shape index (κ2) is 4.69. The SMILES string of the molecule is CC(C)(C)N=COC(C)(C)c1ccccc1. The lowest BCUT2D eigenvalue weighted by Gasteiger charge is -2.25. The van der Waals surface area contributed by atoms with E-state index in [1.807, 2.05) is 52.8 Å². The molecule has 0 saturated heterocycles. The summed E-state index contributed by atoms with van der Waals surface area (Å²) in [7, 11) is 0. The van der Waals surface area contributed by atoms with Crippen LogP contribution < -0.4 is 0 Å². The van der Waals surface area contributed by atoms with E-state index in [1.54, 1.807) is 6.40 Å². The highest BCUT2D eigenvalue weighted by molar-refractivity contribution is 5.48. The molecule has 16 heavy (non-hydrogen) atoms. The molecule has 0 aliphatic heterocycles. The second-order valence-corrected chi connectivity index (χ2v) is 5.40. The Balaban J connectivity index is 2.70. The van der Waals surface area contributed by atoms with Crippen LogP contribution in [-0.4, -0.2) is 11.9 Å². The maximum absolute atomic E-state index is 5.70. The molecule has 2 nitrogen and oxygen atoms in total. The summed E-state index contributed by atoms with van der Waals surface area (Å²) in [5.41, 5.74) is 0.721. The average molecular weight is 219 g/mol. The molecule has 0 saturated carbocycles. The first-order valence-corrected chi connectivity index (χ1v) is 5.58. The van der Waals surface area contributed by atoms with E-state index < -0.39 is 0 Å². The van der Waals surface area contributed by atoms with Crippen molar-refractivity contribution in [2.45, 2.75) is 45.8 Å².